The van der Waals surface area contributed by atoms with Gasteiger partial charge >= 0.3 is 0 Å². The highest BCUT2D eigenvalue weighted by atomic mass is 35.5. The molecule has 0 aliphatic rings. The molecule has 5 heteroatoms. The molecule has 100 valence electrons. The molecule has 0 unspecified atom stereocenters. The molecule has 0 spiro atoms. The fraction of sp³-hybridized carbons (Fsp3) is 0.0667. The van der Waals surface area contributed by atoms with E-state index in [-0.39, 0.29) is 0 Å². The van der Waals surface area contributed by atoms with Crippen molar-refractivity contribution in [2.24, 2.45) is 5.10 Å². The standard InChI is InChI=1S/C15H12ClN3O/c1-10(15-3-2-8-20-15)18-19-13-6-7-17-14-9-11(16)4-5-12(13)14/h2-9H,1H3,(H,17,19)/b18-10-. The molecule has 0 fully saturated rings. The predicted octanol–water partition coefficient (Wildman–Crippen LogP) is 4.32. The Labute approximate surface area is 121 Å². The number of rotatable bonds is 3. The highest BCUT2D eigenvalue weighted by molar-refractivity contribution is 6.31. The lowest BCUT2D eigenvalue weighted by Crippen LogP contribution is -1.99. The molecule has 0 atom stereocenters. The number of aromatic nitrogens is 1. The first-order chi connectivity index (χ1) is 9.74. The van der Waals surface area contributed by atoms with Gasteiger partial charge in [-0.15, -0.1) is 0 Å². The largest absolute Gasteiger partial charge is 0.463 e. The highest BCUT2D eigenvalue weighted by Crippen LogP contribution is 2.24. The van der Waals surface area contributed by atoms with E-state index in [9.17, 15) is 0 Å². The molecule has 1 aromatic carbocycles. The first-order valence-corrected chi connectivity index (χ1v) is 6.50. The molecule has 0 saturated heterocycles. The smallest absolute Gasteiger partial charge is 0.149 e. The van der Waals surface area contributed by atoms with E-state index in [0.717, 1.165) is 28.1 Å². The summed E-state index contributed by atoms with van der Waals surface area (Å²) in [7, 11) is 0. The Hall–Kier alpha value is -2.33. The summed E-state index contributed by atoms with van der Waals surface area (Å²) in [4.78, 5) is 4.29. The zero-order chi connectivity index (χ0) is 13.9. The van der Waals surface area contributed by atoms with E-state index in [4.69, 9.17) is 16.0 Å². The maximum Gasteiger partial charge on any atom is 0.149 e. The van der Waals surface area contributed by atoms with Crippen molar-refractivity contribution >= 4 is 33.9 Å². The van der Waals surface area contributed by atoms with Gasteiger partial charge < -0.3 is 4.42 Å². The van der Waals surface area contributed by atoms with Gasteiger partial charge in [0.25, 0.3) is 0 Å². The van der Waals surface area contributed by atoms with Crippen LogP contribution in [0.3, 0.4) is 0 Å². The number of pyridine rings is 1. The van der Waals surface area contributed by atoms with E-state index >= 15 is 0 Å². The van der Waals surface area contributed by atoms with Gasteiger partial charge in [0.1, 0.15) is 11.5 Å². The monoisotopic (exact) mass is 285 g/mol. The molecule has 0 aliphatic heterocycles. The molecule has 2 aromatic heterocycles. The SMILES string of the molecule is C/C(=N/Nc1ccnc2cc(Cl)ccc12)c1ccco1. The van der Waals surface area contributed by atoms with Crippen molar-refractivity contribution in [3.05, 3.63) is 59.6 Å². The highest BCUT2D eigenvalue weighted by Gasteiger charge is 2.03. The maximum atomic E-state index is 5.97. The van der Waals surface area contributed by atoms with Crippen LogP contribution in [0.1, 0.15) is 12.7 Å². The van der Waals surface area contributed by atoms with Gasteiger partial charge in [-0.05, 0) is 43.3 Å². The lowest BCUT2D eigenvalue weighted by atomic mass is 10.2. The zero-order valence-corrected chi connectivity index (χ0v) is 11.6. The Kier molecular flexibility index (Phi) is 3.39. The lowest BCUT2D eigenvalue weighted by molar-refractivity contribution is 0.557. The third-order valence-corrected chi connectivity index (χ3v) is 3.16. The summed E-state index contributed by atoms with van der Waals surface area (Å²) in [6.07, 6.45) is 3.34. The molecule has 4 nitrogen and oxygen atoms in total. The molecule has 0 bridgehead atoms. The van der Waals surface area contributed by atoms with Crippen LogP contribution in [0.15, 0.2) is 58.4 Å². The van der Waals surface area contributed by atoms with Crippen LogP contribution in [-0.2, 0) is 0 Å². The van der Waals surface area contributed by atoms with E-state index < -0.39 is 0 Å². The lowest BCUT2D eigenvalue weighted by Gasteiger charge is -2.06. The first kappa shape index (κ1) is 12.7. The molecular formula is C15H12ClN3O. The second-order valence-corrected chi connectivity index (χ2v) is 4.74. The van der Waals surface area contributed by atoms with Crippen molar-refractivity contribution in [2.45, 2.75) is 6.92 Å². The van der Waals surface area contributed by atoms with E-state index in [2.05, 4.69) is 15.5 Å². The first-order valence-electron chi connectivity index (χ1n) is 6.12. The minimum atomic E-state index is 0.664. The summed E-state index contributed by atoms with van der Waals surface area (Å²) < 4.78 is 5.29. The summed E-state index contributed by atoms with van der Waals surface area (Å²) in [5.41, 5.74) is 5.51. The zero-order valence-electron chi connectivity index (χ0n) is 10.8. The van der Waals surface area contributed by atoms with Crippen LogP contribution in [0.5, 0.6) is 0 Å². The van der Waals surface area contributed by atoms with Crippen LogP contribution in [0, 0.1) is 0 Å². The minimum Gasteiger partial charge on any atom is -0.463 e. The van der Waals surface area contributed by atoms with Gasteiger partial charge in [0.2, 0.25) is 0 Å². The van der Waals surface area contributed by atoms with E-state index in [1.165, 1.54) is 0 Å². The Morgan fingerprint density at radius 3 is 3.00 bits per heavy atom. The van der Waals surface area contributed by atoms with E-state index in [1.807, 2.05) is 43.3 Å². The number of hydrogen-bond donors (Lipinski definition) is 1. The third kappa shape index (κ3) is 2.51. The second-order valence-electron chi connectivity index (χ2n) is 4.31. The van der Waals surface area contributed by atoms with E-state index in [1.54, 1.807) is 12.5 Å². The van der Waals surface area contributed by atoms with Crippen LogP contribution in [0.2, 0.25) is 5.02 Å². The van der Waals surface area contributed by atoms with Gasteiger partial charge in [-0.2, -0.15) is 5.10 Å². The third-order valence-electron chi connectivity index (χ3n) is 2.93. The van der Waals surface area contributed by atoms with Gasteiger partial charge in [-0.1, -0.05) is 11.6 Å². The Balaban J connectivity index is 1.93. The molecule has 3 aromatic rings. The number of halogens is 1. The molecule has 0 radical (unpaired) electrons. The number of hydrogen-bond acceptors (Lipinski definition) is 4. The normalized spacial score (nSPS) is 11.8. The topological polar surface area (TPSA) is 50.4 Å². The van der Waals surface area contributed by atoms with Crippen LogP contribution >= 0.6 is 11.6 Å². The summed E-state index contributed by atoms with van der Waals surface area (Å²) in [6.45, 7) is 1.88. The fourth-order valence-corrected chi connectivity index (χ4v) is 2.07. The molecule has 0 aliphatic carbocycles. The summed E-state index contributed by atoms with van der Waals surface area (Å²) in [6, 6.07) is 11.1. The molecule has 3 rings (SSSR count). The van der Waals surface area contributed by atoms with Crippen LogP contribution in [-0.4, -0.2) is 10.7 Å². The van der Waals surface area contributed by atoms with Crippen molar-refractivity contribution < 1.29 is 4.42 Å². The van der Waals surface area contributed by atoms with E-state index in [0.29, 0.717) is 5.02 Å². The second kappa shape index (κ2) is 5.35. The number of fused-ring (bicyclic) bond motifs is 1. The number of benzene rings is 1. The van der Waals surface area contributed by atoms with Crippen molar-refractivity contribution in [3.8, 4) is 0 Å². The van der Waals surface area contributed by atoms with Gasteiger partial charge in [0, 0.05) is 16.6 Å². The summed E-state index contributed by atoms with van der Waals surface area (Å²) >= 11 is 5.97. The quantitative estimate of drug-likeness (QED) is 0.576. The fourth-order valence-electron chi connectivity index (χ4n) is 1.90. The Morgan fingerprint density at radius 1 is 1.30 bits per heavy atom. The van der Waals surface area contributed by atoms with Gasteiger partial charge in [0.05, 0.1) is 17.5 Å². The van der Waals surface area contributed by atoms with Gasteiger partial charge in [-0.3, -0.25) is 10.4 Å². The van der Waals surface area contributed by atoms with Gasteiger partial charge in [0.15, 0.2) is 0 Å². The number of hydrazone groups is 1. The summed E-state index contributed by atoms with van der Waals surface area (Å²) in [5.74, 6) is 0.735. The number of nitrogens with one attached hydrogen (secondary N) is 1. The number of nitrogens with zero attached hydrogens (tertiary/aromatic N) is 2. The van der Waals surface area contributed by atoms with Crippen LogP contribution in [0.4, 0.5) is 5.69 Å². The van der Waals surface area contributed by atoms with Crippen molar-refractivity contribution in [2.75, 3.05) is 5.43 Å². The van der Waals surface area contributed by atoms with Crippen LogP contribution < -0.4 is 5.43 Å². The molecule has 20 heavy (non-hydrogen) atoms. The predicted molar refractivity (Wildman–Crippen MR) is 81.3 cm³/mol. The summed E-state index contributed by atoms with van der Waals surface area (Å²) in [5, 5.41) is 5.95. The minimum absolute atomic E-state index is 0.664. The molecule has 0 amide bonds. The number of anilines is 1. The average molecular weight is 286 g/mol. The molecule has 1 N–H and O–H groups in total. The van der Waals surface area contributed by atoms with Crippen molar-refractivity contribution in [3.63, 3.8) is 0 Å². The maximum absolute atomic E-state index is 5.97. The Bertz CT molecular complexity index is 766. The van der Waals surface area contributed by atoms with Crippen molar-refractivity contribution in [1.29, 1.82) is 0 Å². The molecule has 2 heterocycles. The Morgan fingerprint density at radius 2 is 2.20 bits per heavy atom. The van der Waals surface area contributed by atoms with Gasteiger partial charge in [-0.25, -0.2) is 0 Å². The molecular weight excluding hydrogens is 274 g/mol. The molecule has 0 saturated carbocycles. The van der Waals surface area contributed by atoms with Crippen molar-refractivity contribution in [1.82, 2.24) is 4.98 Å². The number of furan rings is 1. The van der Waals surface area contributed by atoms with Crippen LogP contribution in [0.25, 0.3) is 10.9 Å². The average Bonchev–Trinajstić information content (AvgIpc) is 2.98.